The summed E-state index contributed by atoms with van der Waals surface area (Å²) in [6, 6.07) is 9.27. The van der Waals surface area contributed by atoms with Crippen LogP contribution in [0.15, 0.2) is 42.7 Å². The number of rotatable bonds is 5. The van der Waals surface area contributed by atoms with E-state index in [-0.39, 0.29) is 6.04 Å². The third kappa shape index (κ3) is 4.49. The standard InChI is InChI=1S/C27H29F2N5O2/c1-33-8-4-17(5-9-33)21-2-3-23(27-22(21)6-10-35-27)32-25-15-26(31-16-30-25)34-24(7-11-36-34)18-12-19(28)14-20(29)13-18/h2-3,12-17,24H,4-11H2,1H3,(H,30,31,32). The van der Waals surface area contributed by atoms with Gasteiger partial charge in [0.05, 0.1) is 24.9 Å². The second-order valence-electron chi connectivity index (χ2n) is 9.74. The molecule has 3 aliphatic heterocycles. The van der Waals surface area contributed by atoms with E-state index < -0.39 is 11.6 Å². The van der Waals surface area contributed by atoms with Crippen LogP contribution in [0.2, 0.25) is 0 Å². The molecule has 3 aliphatic rings. The van der Waals surface area contributed by atoms with Gasteiger partial charge in [-0.3, -0.25) is 4.84 Å². The van der Waals surface area contributed by atoms with Crippen LogP contribution in [0.5, 0.6) is 5.75 Å². The number of nitrogens with one attached hydrogen (secondary N) is 1. The summed E-state index contributed by atoms with van der Waals surface area (Å²) in [5.41, 5.74) is 4.07. The number of ether oxygens (including phenoxy) is 1. The monoisotopic (exact) mass is 493 g/mol. The summed E-state index contributed by atoms with van der Waals surface area (Å²) < 4.78 is 33.7. The van der Waals surface area contributed by atoms with E-state index in [1.54, 1.807) is 11.1 Å². The molecule has 2 fully saturated rings. The SMILES string of the molecule is CN1CCC(c2ccc(Nc3cc(N4OCCC4c4cc(F)cc(F)c4)ncn3)c3c2CCO3)CC1. The fraction of sp³-hybridized carbons (Fsp3) is 0.407. The Balaban J connectivity index is 1.25. The number of hydrogen-bond acceptors (Lipinski definition) is 7. The smallest absolute Gasteiger partial charge is 0.158 e. The van der Waals surface area contributed by atoms with Crippen molar-refractivity contribution in [1.29, 1.82) is 0 Å². The molecule has 1 unspecified atom stereocenters. The van der Waals surface area contributed by atoms with E-state index in [1.807, 2.05) is 0 Å². The second-order valence-corrected chi connectivity index (χ2v) is 9.74. The highest BCUT2D eigenvalue weighted by Gasteiger charge is 2.31. The van der Waals surface area contributed by atoms with Gasteiger partial charge >= 0.3 is 0 Å². The Bertz CT molecular complexity index is 1240. The van der Waals surface area contributed by atoms with Gasteiger partial charge in [0.1, 0.15) is 29.5 Å². The number of fused-ring (bicyclic) bond motifs is 1. The molecule has 7 nitrogen and oxygen atoms in total. The summed E-state index contributed by atoms with van der Waals surface area (Å²) in [7, 11) is 2.18. The van der Waals surface area contributed by atoms with E-state index in [0.29, 0.717) is 42.8 Å². The van der Waals surface area contributed by atoms with Crippen molar-refractivity contribution in [3.63, 3.8) is 0 Å². The third-order valence-electron chi connectivity index (χ3n) is 7.37. The van der Waals surface area contributed by atoms with E-state index in [2.05, 4.69) is 39.4 Å². The topological polar surface area (TPSA) is 62.8 Å². The molecule has 4 heterocycles. The van der Waals surface area contributed by atoms with Gasteiger partial charge in [-0.15, -0.1) is 0 Å². The van der Waals surface area contributed by atoms with Crippen molar-refractivity contribution in [3.05, 3.63) is 71.1 Å². The Morgan fingerprint density at radius 2 is 1.78 bits per heavy atom. The van der Waals surface area contributed by atoms with Crippen molar-refractivity contribution in [2.24, 2.45) is 0 Å². The zero-order valence-electron chi connectivity index (χ0n) is 20.2. The van der Waals surface area contributed by atoms with Gasteiger partial charge in [-0.05, 0) is 68.2 Å². The number of anilines is 3. The zero-order chi connectivity index (χ0) is 24.6. The quantitative estimate of drug-likeness (QED) is 0.529. The summed E-state index contributed by atoms with van der Waals surface area (Å²) in [6.45, 7) is 3.34. The number of likely N-dealkylation sites (tertiary alicyclic amines) is 1. The number of halogens is 2. The van der Waals surface area contributed by atoms with E-state index in [0.717, 1.165) is 49.9 Å². The maximum Gasteiger partial charge on any atom is 0.158 e. The molecule has 6 rings (SSSR count). The molecule has 0 radical (unpaired) electrons. The van der Waals surface area contributed by atoms with Gasteiger partial charge in [-0.1, -0.05) is 6.07 Å². The number of hydrogen-bond donors (Lipinski definition) is 1. The highest BCUT2D eigenvalue weighted by Crippen LogP contribution is 2.42. The first-order valence-electron chi connectivity index (χ1n) is 12.5. The van der Waals surface area contributed by atoms with Gasteiger partial charge < -0.3 is 15.0 Å². The minimum Gasteiger partial charge on any atom is -0.491 e. The lowest BCUT2D eigenvalue weighted by atomic mass is 9.85. The van der Waals surface area contributed by atoms with Crippen molar-refractivity contribution in [3.8, 4) is 5.75 Å². The van der Waals surface area contributed by atoms with Crippen molar-refractivity contribution in [2.75, 3.05) is 43.7 Å². The summed E-state index contributed by atoms with van der Waals surface area (Å²) in [6.07, 6.45) is 5.29. The number of benzene rings is 2. The minimum atomic E-state index is -0.612. The van der Waals surface area contributed by atoms with Crippen LogP contribution in [0, 0.1) is 11.6 Å². The van der Waals surface area contributed by atoms with Crippen LogP contribution in [-0.4, -0.2) is 48.2 Å². The molecular weight excluding hydrogens is 464 g/mol. The van der Waals surface area contributed by atoms with Crippen LogP contribution in [-0.2, 0) is 11.3 Å². The van der Waals surface area contributed by atoms with Crippen molar-refractivity contribution < 1.29 is 18.4 Å². The van der Waals surface area contributed by atoms with Crippen molar-refractivity contribution >= 4 is 17.3 Å². The molecular formula is C27H29F2N5O2. The summed E-state index contributed by atoms with van der Waals surface area (Å²) in [5.74, 6) is 1.34. The van der Waals surface area contributed by atoms with Gasteiger partial charge in [0, 0.05) is 30.5 Å². The molecule has 0 aliphatic carbocycles. The van der Waals surface area contributed by atoms with E-state index >= 15 is 0 Å². The Labute approximate surface area is 209 Å². The fourth-order valence-electron chi connectivity index (χ4n) is 5.56. The highest BCUT2D eigenvalue weighted by atomic mass is 19.1. The van der Waals surface area contributed by atoms with E-state index in [9.17, 15) is 8.78 Å². The molecule has 0 spiro atoms. The van der Waals surface area contributed by atoms with Crippen LogP contribution < -0.4 is 15.1 Å². The first kappa shape index (κ1) is 23.1. The molecule has 1 aromatic heterocycles. The summed E-state index contributed by atoms with van der Waals surface area (Å²) in [5, 5.41) is 4.99. The average Bonchev–Trinajstić information content (AvgIpc) is 3.55. The van der Waals surface area contributed by atoms with Gasteiger partial charge in [0.2, 0.25) is 0 Å². The highest BCUT2D eigenvalue weighted by molar-refractivity contribution is 5.70. The molecule has 2 saturated heterocycles. The van der Waals surface area contributed by atoms with E-state index in [4.69, 9.17) is 9.57 Å². The first-order valence-corrected chi connectivity index (χ1v) is 12.5. The molecule has 188 valence electrons. The van der Waals surface area contributed by atoms with Crippen molar-refractivity contribution in [2.45, 2.75) is 37.6 Å². The summed E-state index contributed by atoms with van der Waals surface area (Å²) in [4.78, 5) is 16.9. The molecule has 0 saturated carbocycles. The van der Waals surface area contributed by atoms with Crippen LogP contribution in [0.25, 0.3) is 0 Å². The van der Waals surface area contributed by atoms with Crippen LogP contribution in [0.3, 0.4) is 0 Å². The molecule has 1 N–H and O–H groups in total. The molecule has 0 bridgehead atoms. The molecule has 36 heavy (non-hydrogen) atoms. The third-order valence-corrected chi connectivity index (χ3v) is 7.37. The molecule has 0 amide bonds. The predicted molar refractivity (Wildman–Crippen MR) is 133 cm³/mol. The summed E-state index contributed by atoms with van der Waals surface area (Å²) >= 11 is 0. The first-order chi connectivity index (χ1) is 17.5. The number of nitrogens with zero attached hydrogens (tertiary/aromatic N) is 4. The fourth-order valence-corrected chi connectivity index (χ4v) is 5.56. The molecule has 9 heteroatoms. The Morgan fingerprint density at radius 1 is 0.972 bits per heavy atom. The zero-order valence-corrected chi connectivity index (χ0v) is 20.2. The second kappa shape index (κ2) is 9.63. The lowest BCUT2D eigenvalue weighted by Gasteiger charge is -2.30. The van der Waals surface area contributed by atoms with Crippen molar-refractivity contribution in [1.82, 2.24) is 14.9 Å². The van der Waals surface area contributed by atoms with Crippen LogP contribution in [0.4, 0.5) is 26.1 Å². The van der Waals surface area contributed by atoms with Gasteiger partial charge in [-0.25, -0.2) is 23.8 Å². The number of aromatic nitrogens is 2. The van der Waals surface area contributed by atoms with Crippen LogP contribution >= 0.6 is 0 Å². The largest absolute Gasteiger partial charge is 0.491 e. The van der Waals surface area contributed by atoms with Gasteiger partial charge in [-0.2, -0.15) is 0 Å². The molecule has 1 atom stereocenters. The van der Waals surface area contributed by atoms with E-state index in [1.165, 1.54) is 29.6 Å². The minimum absolute atomic E-state index is 0.348. The van der Waals surface area contributed by atoms with Crippen LogP contribution in [0.1, 0.15) is 47.9 Å². The lowest BCUT2D eigenvalue weighted by Crippen LogP contribution is -2.29. The maximum atomic E-state index is 13.8. The average molecular weight is 494 g/mol. The maximum absolute atomic E-state index is 13.8. The Kier molecular flexibility index (Phi) is 6.18. The Morgan fingerprint density at radius 3 is 2.58 bits per heavy atom. The predicted octanol–water partition coefficient (Wildman–Crippen LogP) is 5.13. The Hall–Kier alpha value is -3.30. The van der Waals surface area contributed by atoms with Gasteiger partial charge in [0.25, 0.3) is 0 Å². The number of hydroxylamine groups is 1. The number of piperidine rings is 1. The van der Waals surface area contributed by atoms with Gasteiger partial charge in [0.15, 0.2) is 5.82 Å². The molecule has 3 aromatic rings. The normalized spacial score (nSPS) is 20.4. The molecule has 2 aromatic carbocycles. The lowest BCUT2D eigenvalue weighted by molar-refractivity contribution is 0.156.